The molecule has 70 valence electrons. The number of rotatable bonds is 4. The third-order valence-corrected chi connectivity index (χ3v) is 2.91. The van der Waals surface area contributed by atoms with Crippen LogP contribution in [0.2, 0.25) is 0 Å². The van der Waals surface area contributed by atoms with Gasteiger partial charge < -0.3 is 4.74 Å². The summed E-state index contributed by atoms with van der Waals surface area (Å²) in [6, 6.07) is 3.86. The van der Waals surface area contributed by atoms with Gasteiger partial charge in [0.2, 0.25) is 0 Å². The van der Waals surface area contributed by atoms with Gasteiger partial charge in [0.1, 0.15) is 6.61 Å². The molecular formula is C9H9BrO2S. The molecule has 0 bridgehead atoms. The summed E-state index contributed by atoms with van der Waals surface area (Å²) in [6.45, 7) is 3.80. The van der Waals surface area contributed by atoms with Gasteiger partial charge in [0.15, 0.2) is 0 Å². The SMILES string of the molecule is C=CCC(=O)OCc1ccc(Br)s1. The van der Waals surface area contributed by atoms with Crippen molar-refractivity contribution in [2.45, 2.75) is 13.0 Å². The van der Waals surface area contributed by atoms with Crippen molar-refractivity contribution in [3.05, 3.63) is 33.5 Å². The first-order valence-corrected chi connectivity index (χ1v) is 5.34. The van der Waals surface area contributed by atoms with E-state index in [1.54, 1.807) is 11.3 Å². The molecule has 0 aliphatic carbocycles. The minimum Gasteiger partial charge on any atom is -0.460 e. The first-order valence-electron chi connectivity index (χ1n) is 3.73. The maximum absolute atomic E-state index is 10.9. The number of ether oxygens (including phenoxy) is 1. The van der Waals surface area contributed by atoms with Crippen molar-refractivity contribution in [1.82, 2.24) is 0 Å². The molecule has 13 heavy (non-hydrogen) atoms. The van der Waals surface area contributed by atoms with E-state index in [2.05, 4.69) is 22.5 Å². The highest BCUT2D eigenvalue weighted by Gasteiger charge is 2.02. The fourth-order valence-corrected chi connectivity index (χ4v) is 2.15. The van der Waals surface area contributed by atoms with Gasteiger partial charge in [0.05, 0.1) is 10.2 Å². The average Bonchev–Trinajstić information content (AvgIpc) is 2.49. The number of hydrogen-bond donors (Lipinski definition) is 0. The number of esters is 1. The molecule has 0 saturated carbocycles. The predicted molar refractivity (Wildman–Crippen MR) is 56.6 cm³/mol. The molecule has 1 aromatic rings. The standard InChI is InChI=1S/C9H9BrO2S/c1-2-3-9(11)12-6-7-4-5-8(10)13-7/h2,4-5H,1,3,6H2. The van der Waals surface area contributed by atoms with Crippen LogP contribution in [0.4, 0.5) is 0 Å². The van der Waals surface area contributed by atoms with E-state index < -0.39 is 0 Å². The summed E-state index contributed by atoms with van der Waals surface area (Å²) in [5.41, 5.74) is 0. The van der Waals surface area contributed by atoms with Crippen molar-refractivity contribution in [3.63, 3.8) is 0 Å². The van der Waals surface area contributed by atoms with Crippen LogP contribution in [0.5, 0.6) is 0 Å². The predicted octanol–water partition coefficient (Wildman–Crippen LogP) is 3.13. The van der Waals surface area contributed by atoms with Gasteiger partial charge >= 0.3 is 5.97 Å². The summed E-state index contributed by atoms with van der Waals surface area (Å²) in [4.78, 5) is 12.0. The number of carbonyl (C=O) groups is 1. The Balaban J connectivity index is 2.34. The summed E-state index contributed by atoms with van der Waals surface area (Å²) < 4.78 is 6.00. The molecule has 4 heteroatoms. The van der Waals surface area contributed by atoms with Crippen LogP contribution in [0.15, 0.2) is 28.6 Å². The molecule has 1 rings (SSSR count). The first kappa shape index (κ1) is 10.5. The van der Waals surface area contributed by atoms with E-state index >= 15 is 0 Å². The van der Waals surface area contributed by atoms with Gasteiger partial charge in [0, 0.05) is 4.88 Å². The quantitative estimate of drug-likeness (QED) is 0.614. The second-order valence-electron chi connectivity index (χ2n) is 2.36. The zero-order valence-electron chi connectivity index (χ0n) is 6.96. The molecule has 0 aliphatic rings. The Labute approximate surface area is 89.3 Å². The summed E-state index contributed by atoms with van der Waals surface area (Å²) in [6.07, 6.45) is 1.80. The Morgan fingerprint density at radius 2 is 2.46 bits per heavy atom. The zero-order valence-corrected chi connectivity index (χ0v) is 9.36. The van der Waals surface area contributed by atoms with Gasteiger partial charge in [-0.3, -0.25) is 4.79 Å². The highest BCUT2D eigenvalue weighted by Crippen LogP contribution is 2.22. The van der Waals surface area contributed by atoms with E-state index in [9.17, 15) is 4.79 Å². The molecule has 0 saturated heterocycles. The summed E-state index contributed by atoms with van der Waals surface area (Å²) in [5.74, 6) is -0.237. The normalized spacial score (nSPS) is 9.62. The minimum atomic E-state index is -0.237. The van der Waals surface area contributed by atoms with Gasteiger partial charge in [-0.2, -0.15) is 0 Å². The smallest absolute Gasteiger partial charge is 0.309 e. The van der Waals surface area contributed by atoms with Crippen LogP contribution in [0.1, 0.15) is 11.3 Å². The van der Waals surface area contributed by atoms with Crippen molar-refractivity contribution < 1.29 is 9.53 Å². The molecule has 0 aliphatic heterocycles. The van der Waals surface area contributed by atoms with E-state index in [0.29, 0.717) is 6.61 Å². The zero-order chi connectivity index (χ0) is 9.68. The van der Waals surface area contributed by atoms with Crippen LogP contribution in [-0.2, 0) is 16.1 Å². The number of carbonyl (C=O) groups excluding carboxylic acids is 1. The lowest BCUT2D eigenvalue weighted by molar-refractivity contribution is -0.143. The lowest BCUT2D eigenvalue weighted by atomic mass is 10.4. The van der Waals surface area contributed by atoms with E-state index in [0.717, 1.165) is 8.66 Å². The largest absolute Gasteiger partial charge is 0.460 e. The molecule has 0 atom stereocenters. The molecule has 0 spiro atoms. The van der Waals surface area contributed by atoms with Crippen molar-refractivity contribution in [1.29, 1.82) is 0 Å². The second kappa shape index (κ2) is 5.19. The fourth-order valence-electron chi connectivity index (χ4n) is 0.758. The van der Waals surface area contributed by atoms with Crippen LogP contribution < -0.4 is 0 Å². The van der Waals surface area contributed by atoms with Crippen LogP contribution >= 0.6 is 27.3 Å². The highest BCUT2D eigenvalue weighted by atomic mass is 79.9. The van der Waals surface area contributed by atoms with Gasteiger partial charge in [-0.15, -0.1) is 17.9 Å². The molecule has 0 fully saturated rings. The Morgan fingerprint density at radius 3 is 3.00 bits per heavy atom. The van der Waals surface area contributed by atoms with E-state index in [1.165, 1.54) is 6.08 Å². The second-order valence-corrected chi connectivity index (χ2v) is 4.91. The fraction of sp³-hybridized carbons (Fsp3) is 0.222. The Morgan fingerprint density at radius 1 is 1.69 bits per heavy atom. The van der Waals surface area contributed by atoms with Gasteiger partial charge in [-0.05, 0) is 28.1 Å². The molecule has 0 amide bonds. The van der Waals surface area contributed by atoms with E-state index in [-0.39, 0.29) is 12.4 Å². The van der Waals surface area contributed by atoms with Crippen molar-refractivity contribution in [2.24, 2.45) is 0 Å². The average molecular weight is 261 g/mol. The highest BCUT2D eigenvalue weighted by molar-refractivity contribution is 9.11. The number of halogens is 1. The van der Waals surface area contributed by atoms with Crippen LogP contribution in [0.25, 0.3) is 0 Å². The number of thiophene rings is 1. The molecule has 2 nitrogen and oxygen atoms in total. The summed E-state index contributed by atoms with van der Waals surface area (Å²) >= 11 is 4.89. The molecular weight excluding hydrogens is 252 g/mol. The van der Waals surface area contributed by atoms with Crippen molar-refractivity contribution in [2.75, 3.05) is 0 Å². The van der Waals surface area contributed by atoms with Crippen LogP contribution in [-0.4, -0.2) is 5.97 Å². The Kier molecular flexibility index (Phi) is 4.18. The summed E-state index contributed by atoms with van der Waals surface area (Å²) in [5, 5.41) is 0. The van der Waals surface area contributed by atoms with Gasteiger partial charge in [0.25, 0.3) is 0 Å². The van der Waals surface area contributed by atoms with Crippen LogP contribution in [0, 0.1) is 0 Å². The van der Waals surface area contributed by atoms with Crippen molar-refractivity contribution in [3.8, 4) is 0 Å². The molecule has 0 unspecified atom stereocenters. The third-order valence-electron chi connectivity index (χ3n) is 1.32. The topological polar surface area (TPSA) is 26.3 Å². The number of hydrogen-bond acceptors (Lipinski definition) is 3. The molecule has 0 radical (unpaired) electrons. The summed E-state index contributed by atoms with van der Waals surface area (Å²) in [7, 11) is 0. The van der Waals surface area contributed by atoms with Gasteiger partial charge in [-0.1, -0.05) is 6.08 Å². The lowest BCUT2D eigenvalue weighted by Gasteiger charge is -1.99. The molecule has 1 heterocycles. The maximum atomic E-state index is 10.9. The monoisotopic (exact) mass is 260 g/mol. The van der Waals surface area contributed by atoms with Crippen molar-refractivity contribution >= 4 is 33.2 Å². The minimum absolute atomic E-state index is 0.237. The molecule has 0 N–H and O–H groups in total. The third kappa shape index (κ3) is 3.74. The van der Waals surface area contributed by atoms with Crippen LogP contribution in [0.3, 0.4) is 0 Å². The van der Waals surface area contributed by atoms with E-state index in [4.69, 9.17) is 4.74 Å². The molecule has 0 aromatic carbocycles. The van der Waals surface area contributed by atoms with E-state index in [1.807, 2.05) is 12.1 Å². The Hall–Kier alpha value is -0.610. The first-order chi connectivity index (χ1) is 6.22. The Bertz CT molecular complexity index is 306. The lowest BCUT2D eigenvalue weighted by Crippen LogP contribution is -2.01. The molecule has 1 aromatic heterocycles. The van der Waals surface area contributed by atoms with Gasteiger partial charge in [-0.25, -0.2) is 0 Å². The maximum Gasteiger partial charge on any atom is 0.309 e.